The molecule has 0 aromatic heterocycles. The number of aryl methyl sites for hydroxylation is 1. The van der Waals surface area contributed by atoms with Crippen molar-refractivity contribution in [2.45, 2.75) is 110 Å². The summed E-state index contributed by atoms with van der Waals surface area (Å²) in [5.41, 5.74) is 2.36. The van der Waals surface area contributed by atoms with Crippen molar-refractivity contribution in [1.82, 2.24) is 0 Å². The van der Waals surface area contributed by atoms with Crippen LogP contribution in [0.2, 0.25) is 0 Å². The number of unbranched alkanes of at least 4 members (excludes halogenated alkanes) is 11. The highest BCUT2D eigenvalue weighted by Crippen LogP contribution is 2.30. The Morgan fingerprint density at radius 1 is 0.792 bits per heavy atom. The molecule has 1 unspecified atom stereocenters. The van der Waals surface area contributed by atoms with Crippen LogP contribution in [0.25, 0.3) is 0 Å². The lowest BCUT2D eigenvalue weighted by molar-refractivity contribution is 0.456. The number of hydrogen-bond donors (Lipinski definition) is 1. The fourth-order valence-corrected chi connectivity index (χ4v) is 3.52. The van der Waals surface area contributed by atoms with E-state index in [0.29, 0.717) is 11.7 Å². The van der Waals surface area contributed by atoms with Gasteiger partial charge in [-0.1, -0.05) is 109 Å². The molecule has 24 heavy (non-hydrogen) atoms. The summed E-state index contributed by atoms with van der Waals surface area (Å²) in [6.45, 7) is 6.62. The van der Waals surface area contributed by atoms with Crippen LogP contribution >= 0.6 is 0 Å². The summed E-state index contributed by atoms with van der Waals surface area (Å²) in [5.74, 6) is 0.931. The SMILES string of the molecule is CCCCCCCCCCCCCCC(C)c1cc(C)ccc1O. The van der Waals surface area contributed by atoms with E-state index in [2.05, 4.69) is 26.8 Å². The zero-order valence-corrected chi connectivity index (χ0v) is 16.4. The van der Waals surface area contributed by atoms with Gasteiger partial charge in [0.2, 0.25) is 0 Å². The van der Waals surface area contributed by atoms with Crippen LogP contribution in [0.1, 0.15) is 114 Å². The summed E-state index contributed by atoms with van der Waals surface area (Å²) < 4.78 is 0. The summed E-state index contributed by atoms with van der Waals surface area (Å²) in [5, 5.41) is 10.00. The molecule has 1 N–H and O–H groups in total. The van der Waals surface area contributed by atoms with Crippen molar-refractivity contribution in [3.05, 3.63) is 29.3 Å². The number of rotatable bonds is 14. The second-order valence-corrected chi connectivity index (χ2v) is 7.64. The van der Waals surface area contributed by atoms with Gasteiger partial charge in [0.1, 0.15) is 5.75 Å². The summed E-state index contributed by atoms with van der Waals surface area (Å²) in [4.78, 5) is 0. The van der Waals surface area contributed by atoms with E-state index in [1.807, 2.05) is 12.1 Å². The van der Waals surface area contributed by atoms with Crippen LogP contribution in [0.5, 0.6) is 5.75 Å². The van der Waals surface area contributed by atoms with Crippen molar-refractivity contribution in [1.29, 1.82) is 0 Å². The third-order valence-corrected chi connectivity index (χ3v) is 5.20. The third-order valence-electron chi connectivity index (χ3n) is 5.20. The van der Waals surface area contributed by atoms with Gasteiger partial charge in [0.25, 0.3) is 0 Å². The van der Waals surface area contributed by atoms with Gasteiger partial charge in [0.05, 0.1) is 0 Å². The first-order chi connectivity index (χ1) is 11.6. The minimum Gasteiger partial charge on any atom is -0.508 e. The van der Waals surface area contributed by atoms with Crippen LogP contribution in [0.4, 0.5) is 0 Å². The normalized spacial score (nSPS) is 12.5. The van der Waals surface area contributed by atoms with Gasteiger partial charge >= 0.3 is 0 Å². The van der Waals surface area contributed by atoms with E-state index < -0.39 is 0 Å². The lowest BCUT2D eigenvalue weighted by atomic mass is 9.93. The minimum atomic E-state index is 0.465. The quantitative estimate of drug-likeness (QED) is 0.343. The first kappa shape index (κ1) is 21.1. The van der Waals surface area contributed by atoms with Gasteiger partial charge in [0, 0.05) is 0 Å². The van der Waals surface area contributed by atoms with E-state index in [4.69, 9.17) is 0 Å². The zero-order valence-electron chi connectivity index (χ0n) is 16.4. The molecule has 1 nitrogen and oxygen atoms in total. The van der Waals surface area contributed by atoms with Crippen LogP contribution in [0.15, 0.2) is 18.2 Å². The van der Waals surface area contributed by atoms with Crippen molar-refractivity contribution in [2.24, 2.45) is 0 Å². The summed E-state index contributed by atoms with van der Waals surface area (Å²) >= 11 is 0. The molecule has 138 valence electrons. The Balaban J connectivity index is 1.97. The smallest absolute Gasteiger partial charge is 0.119 e. The molecule has 1 aromatic carbocycles. The lowest BCUT2D eigenvalue weighted by Gasteiger charge is -2.14. The summed E-state index contributed by atoms with van der Waals surface area (Å²) in [7, 11) is 0. The van der Waals surface area contributed by atoms with Crippen molar-refractivity contribution < 1.29 is 5.11 Å². The second-order valence-electron chi connectivity index (χ2n) is 7.64. The molecule has 1 atom stereocenters. The largest absolute Gasteiger partial charge is 0.508 e. The van der Waals surface area contributed by atoms with E-state index in [1.54, 1.807) is 0 Å². The fraction of sp³-hybridized carbons (Fsp3) is 0.739. The number of phenols is 1. The van der Waals surface area contributed by atoms with Gasteiger partial charge in [-0.05, 0) is 30.9 Å². The first-order valence-corrected chi connectivity index (χ1v) is 10.4. The van der Waals surface area contributed by atoms with Crippen molar-refractivity contribution in [3.8, 4) is 5.75 Å². The van der Waals surface area contributed by atoms with Crippen molar-refractivity contribution >= 4 is 0 Å². The predicted octanol–water partition coefficient (Wildman–Crippen LogP) is 7.90. The molecule has 1 rings (SSSR count). The highest BCUT2D eigenvalue weighted by Gasteiger charge is 2.10. The molecule has 0 amide bonds. The molecule has 1 aromatic rings. The molecular formula is C23H40O. The van der Waals surface area contributed by atoms with E-state index >= 15 is 0 Å². The molecule has 0 saturated heterocycles. The Kier molecular flexibility index (Phi) is 11.7. The molecule has 0 bridgehead atoms. The molecule has 0 heterocycles. The van der Waals surface area contributed by atoms with Gasteiger partial charge in [-0.15, -0.1) is 0 Å². The lowest BCUT2D eigenvalue weighted by Crippen LogP contribution is -1.95. The standard InChI is InChI=1S/C23H40O/c1-4-5-6-7-8-9-10-11-12-13-14-15-16-21(3)22-19-20(2)17-18-23(22)24/h17-19,21,24H,4-16H2,1-3H3. The van der Waals surface area contributed by atoms with Gasteiger partial charge in [-0.3, -0.25) is 0 Å². The van der Waals surface area contributed by atoms with Crippen LogP contribution < -0.4 is 0 Å². The topological polar surface area (TPSA) is 20.2 Å². The van der Waals surface area contributed by atoms with E-state index in [9.17, 15) is 5.11 Å². The number of phenolic OH excluding ortho intramolecular Hbond substituents is 1. The molecule has 0 aliphatic rings. The van der Waals surface area contributed by atoms with Crippen LogP contribution in [0.3, 0.4) is 0 Å². The van der Waals surface area contributed by atoms with Crippen molar-refractivity contribution in [2.75, 3.05) is 0 Å². The molecule has 1 heteroatoms. The minimum absolute atomic E-state index is 0.465. The summed E-state index contributed by atoms with van der Waals surface area (Å²) in [6, 6.07) is 5.96. The first-order valence-electron chi connectivity index (χ1n) is 10.4. The van der Waals surface area contributed by atoms with Gasteiger partial charge in [0.15, 0.2) is 0 Å². The Hall–Kier alpha value is -0.980. The Morgan fingerprint density at radius 3 is 1.83 bits per heavy atom. The average Bonchev–Trinajstić information content (AvgIpc) is 2.57. The van der Waals surface area contributed by atoms with Crippen molar-refractivity contribution in [3.63, 3.8) is 0 Å². The second kappa shape index (κ2) is 13.3. The number of benzene rings is 1. The molecular weight excluding hydrogens is 292 g/mol. The molecule has 0 fully saturated rings. The van der Waals surface area contributed by atoms with E-state index in [-0.39, 0.29) is 0 Å². The summed E-state index contributed by atoms with van der Waals surface area (Å²) in [6.07, 6.45) is 18.0. The van der Waals surface area contributed by atoms with Crippen LogP contribution in [-0.2, 0) is 0 Å². The number of aromatic hydroxyl groups is 1. The predicted molar refractivity (Wildman–Crippen MR) is 107 cm³/mol. The van der Waals surface area contributed by atoms with E-state index in [1.165, 1.54) is 89.0 Å². The Labute approximate surface area is 150 Å². The average molecular weight is 333 g/mol. The molecule has 0 radical (unpaired) electrons. The van der Waals surface area contributed by atoms with Crippen LogP contribution in [-0.4, -0.2) is 5.11 Å². The molecule has 0 aliphatic heterocycles. The fourth-order valence-electron chi connectivity index (χ4n) is 3.52. The Bertz CT molecular complexity index is 424. The van der Waals surface area contributed by atoms with Gasteiger partial charge in [-0.25, -0.2) is 0 Å². The Morgan fingerprint density at radius 2 is 1.29 bits per heavy atom. The highest BCUT2D eigenvalue weighted by atomic mass is 16.3. The monoisotopic (exact) mass is 332 g/mol. The molecule has 0 saturated carbocycles. The maximum Gasteiger partial charge on any atom is 0.119 e. The van der Waals surface area contributed by atoms with Crippen LogP contribution in [0, 0.1) is 6.92 Å². The molecule has 0 spiro atoms. The van der Waals surface area contributed by atoms with Gasteiger partial charge < -0.3 is 5.11 Å². The molecule has 0 aliphatic carbocycles. The van der Waals surface area contributed by atoms with E-state index in [0.717, 1.165) is 5.56 Å². The maximum absolute atomic E-state index is 10.00. The maximum atomic E-state index is 10.00. The third kappa shape index (κ3) is 9.35. The van der Waals surface area contributed by atoms with Gasteiger partial charge in [-0.2, -0.15) is 0 Å². The highest BCUT2D eigenvalue weighted by molar-refractivity contribution is 5.37. The zero-order chi connectivity index (χ0) is 17.6. The number of hydrogen-bond acceptors (Lipinski definition) is 1.